The minimum atomic E-state index is -3.64. The molecule has 3 aromatic carbocycles. The number of hydrogen-bond donors (Lipinski definition) is 2. The monoisotopic (exact) mass is 453 g/mol. The molecule has 0 fully saturated rings. The second-order valence-electron chi connectivity index (χ2n) is 7.67. The number of sulfonamides is 1. The lowest BCUT2D eigenvalue weighted by Gasteiger charge is -2.10. The van der Waals surface area contributed by atoms with Crippen molar-refractivity contribution < 1.29 is 17.3 Å². The maximum absolute atomic E-state index is 13.4. The lowest BCUT2D eigenvalue weighted by molar-refractivity contribution is 0.444. The maximum Gasteiger partial charge on any atom is 0.261 e. The van der Waals surface area contributed by atoms with Gasteiger partial charge >= 0.3 is 0 Å². The van der Waals surface area contributed by atoms with E-state index in [2.05, 4.69) is 15.2 Å². The van der Waals surface area contributed by atoms with Crippen LogP contribution in [0.4, 0.5) is 10.1 Å². The quantitative estimate of drug-likeness (QED) is 0.356. The van der Waals surface area contributed by atoms with E-state index in [0.29, 0.717) is 29.6 Å². The van der Waals surface area contributed by atoms with Gasteiger partial charge in [-0.15, -0.1) is 0 Å². The van der Waals surface area contributed by atoms with E-state index in [1.54, 1.807) is 30.3 Å². The Labute approximate surface area is 186 Å². The van der Waals surface area contributed by atoms with E-state index in [4.69, 9.17) is 4.52 Å². The van der Waals surface area contributed by atoms with E-state index in [9.17, 15) is 12.8 Å². The van der Waals surface area contributed by atoms with Crippen molar-refractivity contribution in [1.29, 1.82) is 0 Å². The van der Waals surface area contributed by atoms with E-state index in [1.807, 2.05) is 31.2 Å². The molecule has 0 aliphatic heterocycles. The Morgan fingerprint density at radius 1 is 1.03 bits per heavy atom. The molecule has 1 heterocycles. The molecule has 0 radical (unpaired) electrons. The Hall–Kier alpha value is -3.23. The molecule has 6 nitrogen and oxygen atoms in total. The van der Waals surface area contributed by atoms with Crippen molar-refractivity contribution in [3.63, 3.8) is 0 Å². The summed E-state index contributed by atoms with van der Waals surface area (Å²) in [6.07, 6.45) is 1.47. The molecule has 4 aromatic rings. The number of benzene rings is 3. The smallest absolute Gasteiger partial charge is 0.261 e. The Morgan fingerprint density at radius 2 is 1.88 bits per heavy atom. The van der Waals surface area contributed by atoms with Crippen LogP contribution in [-0.4, -0.2) is 20.1 Å². The summed E-state index contributed by atoms with van der Waals surface area (Å²) in [4.78, 5) is 0.237. The van der Waals surface area contributed by atoms with Crippen molar-refractivity contribution in [2.45, 2.75) is 31.2 Å². The summed E-state index contributed by atoms with van der Waals surface area (Å²) in [5.74, 6) is -0.307. The van der Waals surface area contributed by atoms with Gasteiger partial charge in [0.1, 0.15) is 5.82 Å². The van der Waals surface area contributed by atoms with Crippen molar-refractivity contribution >= 4 is 26.7 Å². The molecule has 0 spiro atoms. The lowest BCUT2D eigenvalue weighted by atomic mass is 10.1. The van der Waals surface area contributed by atoms with E-state index < -0.39 is 10.0 Å². The van der Waals surface area contributed by atoms with Crippen LogP contribution in [0.5, 0.6) is 0 Å². The largest absolute Gasteiger partial charge is 0.356 e. The number of halogens is 1. The SMILES string of the molecule is Cc1cccc(S(=O)(=O)Nc2cccc(CNCCCc3noc4ccc(F)cc34)c2)c1. The summed E-state index contributed by atoms with van der Waals surface area (Å²) in [6, 6.07) is 18.5. The van der Waals surface area contributed by atoms with Crippen molar-refractivity contribution in [2.75, 3.05) is 11.3 Å². The molecule has 0 saturated heterocycles. The van der Waals surface area contributed by atoms with Gasteiger partial charge in [0.25, 0.3) is 10.0 Å². The third-order valence-corrected chi connectivity index (χ3v) is 6.46. The van der Waals surface area contributed by atoms with E-state index in [1.165, 1.54) is 12.1 Å². The summed E-state index contributed by atoms with van der Waals surface area (Å²) in [5.41, 5.74) is 3.69. The molecule has 0 amide bonds. The lowest BCUT2D eigenvalue weighted by Crippen LogP contribution is -2.16. The first-order valence-electron chi connectivity index (χ1n) is 10.3. The molecule has 0 saturated carbocycles. The van der Waals surface area contributed by atoms with Gasteiger partial charge in [-0.25, -0.2) is 12.8 Å². The molecular formula is C24H24FN3O3S. The van der Waals surface area contributed by atoms with Crippen LogP contribution in [0.1, 0.15) is 23.2 Å². The first-order valence-corrected chi connectivity index (χ1v) is 11.8. The van der Waals surface area contributed by atoms with Gasteiger partial charge in [0.05, 0.1) is 10.6 Å². The number of nitrogens with one attached hydrogen (secondary N) is 2. The standard InChI is InChI=1S/C24H24FN3O3S/c1-17-5-2-8-21(13-17)32(29,30)28-20-7-3-6-18(14-20)16-26-12-4-9-23-22-15-19(25)10-11-24(22)31-27-23/h2-3,5-8,10-11,13-15,26,28H,4,9,12,16H2,1H3. The van der Waals surface area contributed by atoms with Crippen molar-refractivity contribution in [2.24, 2.45) is 0 Å². The van der Waals surface area contributed by atoms with Crippen LogP contribution in [0.3, 0.4) is 0 Å². The summed E-state index contributed by atoms with van der Waals surface area (Å²) in [7, 11) is -3.64. The highest BCUT2D eigenvalue weighted by atomic mass is 32.2. The normalized spacial score (nSPS) is 11.7. The van der Waals surface area contributed by atoms with Crippen LogP contribution in [0.2, 0.25) is 0 Å². The molecule has 2 N–H and O–H groups in total. The summed E-state index contributed by atoms with van der Waals surface area (Å²) >= 11 is 0. The zero-order chi connectivity index (χ0) is 22.6. The molecule has 4 rings (SSSR count). The fourth-order valence-electron chi connectivity index (χ4n) is 3.50. The molecule has 166 valence electrons. The van der Waals surface area contributed by atoms with Gasteiger partial charge in [0, 0.05) is 17.6 Å². The number of rotatable bonds is 9. The number of hydrogen-bond acceptors (Lipinski definition) is 5. The van der Waals surface area contributed by atoms with Crippen LogP contribution < -0.4 is 10.0 Å². The second kappa shape index (κ2) is 9.50. The second-order valence-corrected chi connectivity index (χ2v) is 9.35. The van der Waals surface area contributed by atoms with Crippen LogP contribution in [-0.2, 0) is 23.0 Å². The van der Waals surface area contributed by atoms with Gasteiger partial charge in [0.15, 0.2) is 5.58 Å². The molecule has 0 aliphatic rings. The molecule has 0 atom stereocenters. The van der Waals surface area contributed by atoms with Crippen LogP contribution in [0.15, 0.2) is 76.1 Å². The Bertz CT molecular complexity index is 1340. The summed E-state index contributed by atoms with van der Waals surface area (Å²) in [6.45, 7) is 3.17. The molecule has 32 heavy (non-hydrogen) atoms. The number of aryl methyl sites for hydroxylation is 2. The number of fused-ring (bicyclic) bond motifs is 1. The van der Waals surface area contributed by atoms with Crippen LogP contribution >= 0.6 is 0 Å². The zero-order valence-corrected chi connectivity index (χ0v) is 18.5. The Morgan fingerprint density at radius 3 is 2.72 bits per heavy atom. The first-order chi connectivity index (χ1) is 15.4. The van der Waals surface area contributed by atoms with E-state index in [0.717, 1.165) is 29.8 Å². The minimum absolute atomic E-state index is 0.237. The predicted molar refractivity (Wildman–Crippen MR) is 122 cm³/mol. The van der Waals surface area contributed by atoms with Crippen LogP contribution in [0, 0.1) is 12.7 Å². The van der Waals surface area contributed by atoms with E-state index >= 15 is 0 Å². The highest BCUT2D eigenvalue weighted by molar-refractivity contribution is 7.92. The average molecular weight is 454 g/mol. The topological polar surface area (TPSA) is 84.2 Å². The average Bonchev–Trinajstić information content (AvgIpc) is 3.15. The van der Waals surface area contributed by atoms with Crippen molar-refractivity contribution in [3.8, 4) is 0 Å². The molecule has 0 bridgehead atoms. The highest BCUT2D eigenvalue weighted by Crippen LogP contribution is 2.21. The van der Waals surface area contributed by atoms with Gasteiger partial charge in [-0.1, -0.05) is 29.4 Å². The first kappa shape index (κ1) is 22.0. The van der Waals surface area contributed by atoms with Gasteiger partial charge in [-0.05, 0) is 79.9 Å². The fourth-order valence-corrected chi connectivity index (χ4v) is 4.65. The van der Waals surface area contributed by atoms with Gasteiger partial charge in [-0.2, -0.15) is 0 Å². The van der Waals surface area contributed by atoms with Gasteiger partial charge in [-0.3, -0.25) is 4.72 Å². The summed E-state index contributed by atoms with van der Waals surface area (Å²) in [5, 5.41) is 8.08. The minimum Gasteiger partial charge on any atom is -0.356 e. The Balaban J connectivity index is 1.30. The molecule has 8 heteroatoms. The third-order valence-electron chi connectivity index (χ3n) is 5.08. The molecule has 0 aliphatic carbocycles. The molecule has 1 aromatic heterocycles. The molecule has 0 unspecified atom stereocenters. The van der Waals surface area contributed by atoms with Crippen LogP contribution in [0.25, 0.3) is 11.0 Å². The fraction of sp³-hybridized carbons (Fsp3) is 0.208. The predicted octanol–water partition coefficient (Wildman–Crippen LogP) is 4.80. The van der Waals surface area contributed by atoms with Gasteiger partial charge in [0.2, 0.25) is 0 Å². The van der Waals surface area contributed by atoms with Gasteiger partial charge < -0.3 is 9.84 Å². The van der Waals surface area contributed by atoms with Crippen molar-refractivity contribution in [3.05, 3.63) is 89.4 Å². The Kier molecular flexibility index (Phi) is 6.53. The van der Waals surface area contributed by atoms with Crippen molar-refractivity contribution in [1.82, 2.24) is 10.5 Å². The maximum atomic E-state index is 13.4. The number of anilines is 1. The highest BCUT2D eigenvalue weighted by Gasteiger charge is 2.14. The number of nitrogens with zero attached hydrogens (tertiary/aromatic N) is 1. The number of aromatic nitrogens is 1. The van der Waals surface area contributed by atoms with E-state index in [-0.39, 0.29) is 10.7 Å². The third kappa shape index (κ3) is 5.33. The summed E-state index contributed by atoms with van der Waals surface area (Å²) < 4.78 is 46.6. The zero-order valence-electron chi connectivity index (χ0n) is 17.6. The molecular weight excluding hydrogens is 429 g/mol.